The topological polar surface area (TPSA) is 32.3 Å². The average Bonchev–Trinajstić information content (AvgIpc) is 3.40. The van der Waals surface area contributed by atoms with Crippen LogP contribution in [0.3, 0.4) is 0 Å². The van der Waals surface area contributed by atoms with E-state index in [-0.39, 0.29) is 16.7 Å². The van der Waals surface area contributed by atoms with Gasteiger partial charge >= 0.3 is 0 Å². The fraction of sp³-hybridized carbons (Fsp3) is 0.432. The van der Waals surface area contributed by atoms with Gasteiger partial charge < -0.3 is 10.2 Å². The summed E-state index contributed by atoms with van der Waals surface area (Å²) in [5, 5.41) is 3.26. The Hall–Kier alpha value is -3.33. The van der Waals surface area contributed by atoms with Crippen LogP contribution in [-0.2, 0) is 11.8 Å². The van der Waals surface area contributed by atoms with Gasteiger partial charge in [0.15, 0.2) is 0 Å². The number of amides is 1. The molecule has 0 bridgehead atoms. The van der Waals surface area contributed by atoms with Crippen LogP contribution in [0.4, 0.5) is 0 Å². The molecule has 2 aromatic rings. The van der Waals surface area contributed by atoms with Crippen molar-refractivity contribution in [3.8, 4) is 0 Å². The maximum atomic E-state index is 13.3. The maximum Gasteiger partial charge on any atom is 0.251 e. The lowest BCUT2D eigenvalue weighted by Gasteiger charge is -2.35. The molecule has 5 rings (SSSR count). The van der Waals surface area contributed by atoms with Gasteiger partial charge in [0.25, 0.3) is 5.91 Å². The van der Waals surface area contributed by atoms with E-state index in [1.54, 1.807) is 0 Å². The van der Waals surface area contributed by atoms with Crippen molar-refractivity contribution >= 4 is 11.5 Å². The minimum Gasteiger partial charge on any atom is -0.371 e. The Balaban J connectivity index is 1.23. The quantitative estimate of drug-likeness (QED) is 0.346. The Morgan fingerprint density at radius 3 is 2.62 bits per heavy atom. The van der Waals surface area contributed by atoms with Gasteiger partial charge in [-0.05, 0) is 84.4 Å². The Morgan fingerprint density at radius 2 is 1.93 bits per heavy atom. The molecule has 1 saturated heterocycles. The summed E-state index contributed by atoms with van der Waals surface area (Å²) in [7, 11) is 0. The molecule has 40 heavy (non-hydrogen) atoms. The van der Waals surface area contributed by atoms with Crippen molar-refractivity contribution < 1.29 is 4.79 Å². The highest BCUT2D eigenvalue weighted by molar-refractivity contribution is 5.94. The summed E-state index contributed by atoms with van der Waals surface area (Å²) >= 11 is 0. The lowest BCUT2D eigenvalue weighted by atomic mass is 9.73. The predicted octanol–water partition coefficient (Wildman–Crippen LogP) is 8.25. The molecular weight excluding hydrogens is 488 g/mol. The Labute approximate surface area is 241 Å². The maximum absolute atomic E-state index is 13.3. The number of rotatable bonds is 8. The summed E-state index contributed by atoms with van der Waals surface area (Å²) in [6, 6.07) is 17.0. The Morgan fingerprint density at radius 1 is 1.12 bits per heavy atom. The van der Waals surface area contributed by atoms with Crippen LogP contribution in [0.25, 0.3) is 5.57 Å². The monoisotopic (exact) mass is 534 g/mol. The summed E-state index contributed by atoms with van der Waals surface area (Å²) in [6.45, 7) is 15.6. The number of benzene rings is 2. The first-order valence-corrected chi connectivity index (χ1v) is 15.1. The van der Waals surface area contributed by atoms with Crippen LogP contribution >= 0.6 is 0 Å². The number of nitrogens with one attached hydrogen (secondary N) is 1. The molecular formula is C37H46N2O. The van der Waals surface area contributed by atoms with Crippen LogP contribution in [0.2, 0.25) is 0 Å². The molecule has 2 aliphatic carbocycles. The van der Waals surface area contributed by atoms with E-state index in [1.165, 1.54) is 53.6 Å². The van der Waals surface area contributed by atoms with Crippen LogP contribution in [0.1, 0.15) is 86.8 Å². The van der Waals surface area contributed by atoms with Crippen molar-refractivity contribution in [2.24, 2.45) is 10.8 Å². The minimum absolute atomic E-state index is 0.00201. The number of carbonyl (C=O) groups is 1. The van der Waals surface area contributed by atoms with Gasteiger partial charge in [0.05, 0.1) is 0 Å². The van der Waals surface area contributed by atoms with E-state index in [0.29, 0.717) is 12.0 Å². The van der Waals surface area contributed by atoms with Crippen molar-refractivity contribution in [2.75, 3.05) is 19.6 Å². The molecule has 0 radical (unpaired) electrons. The molecule has 1 aliphatic heterocycles. The van der Waals surface area contributed by atoms with Gasteiger partial charge in [-0.1, -0.05) is 88.4 Å². The fourth-order valence-corrected chi connectivity index (χ4v) is 6.74. The third-order valence-corrected chi connectivity index (χ3v) is 9.63. The summed E-state index contributed by atoms with van der Waals surface area (Å²) in [5.41, 5.74) is 7.49. The molecule has 3 nitrogen and oxygen atoms in total. The third kappa shape index (κ3) is 5.89. The molecule has 1 N–H and O–H groups in total. The average molecular weight is 535 g/mol. The Kier molecular flexibility index (Phi) is 7.95. The summed E-state index contributed by atoms with van der Waals surface area (Å²) in [4.78, 5) is 15.9. The summed E-state index contributed by atoms with van der Waals surface area (Å²) < 4.78 is 0. The molecule has 1 heterocycles. The van der Waals surface area contributed by atoms with E-state index in [0.717, 1.165) is 31.5 Å². The number of allylic oxidation sites excluding steroid dienone is 5. The lowest BCUT2D eigenvalue weighted by Crippen LogP contribution is -2.37. The molecule has 1 spiro atoms. The number of nitrogens with zero attached hydrogens (tertiary/aromatic N) is 1. The van der Waals surface area contributed by atoms with Crippen molar-refractivity contribution in [3.05, 3.63) is 113 Å². The SMILES string of the molecule is C=CC(C)(C)c1cc(C(=O)NCC2(C)C=C(N3CCC4(CC=C(c5ccccc5)CC4)C3)C=CC2)ccc1CC. The van der Waals surface area contributed by atoms with Crippen LogP contribution in [0.5, 0.6) is 0 Å². The first-order chi connectivity index (χ1) is 19.2. The zero-order chi connectivity index (χ0) is 28.4. The molecule has 2 unspecified atom stereocenters. The number of hydrogen-bond acceptors (Lipinski definition) is 2. The second-order valence-corrected chi connectivity index (χ2v) is 13.1. The highest BCUT2D eigenvalue weighted by Gasteiger charge is 2.40. The minimum atomic E-state index is -0.177. The van der Waals surface area contributed by atoms with E-state index < -0.39 is 0 Å². The van der Waals surface area contributed by atoms with Crippen molar-refractivity contribution in [1.82, 2.24) is 10.2 Å². The van der Waals surface area contributed by atoms with Crippen molar-refractivity contribution in [3.63, 3.8) is 0 Å². The molecule has 210 valence electrons. The number of aryl methyl sites for hydroxylation is 1. The summed E-state index contributed by atoms with van der Waals surface area (Å²) in [5.74, 6) is -0.00201. The van der Waals surface area contributed by atoms with E-state index in [9.17, 15) is 4.79 Å². The second kappa shape index (κ2) is 11.3. The number of likely N-dealkylation sites (tertiary alicyclic amines) is 1. The molecule has 1 amide bonds. The molecule has 1 fully saturated rings. The highest BCUT2D eigenvalue weighted by atomic mass is 16.1. The second-order valence-electron chi connectivity index (χ2n) is 13.1. The molecule has 2 atom stereocenters. The van der Waals surface area contributed by atoms with E-state index >= 15 is 0 Å². The van der Waals surface area contributed by atoms with Crippen LogP contribution in [-0.4, -0.2) is 30.4 Å². The molecule has 2 aromatic carbocycles. The van der Waals surface area contributed by atoms with E-state index in [2.05, 4.69) is 111 Å². The van der Waals surface area contributed by atoms with Crippen molar-refractivity contribution in [1.29, 1.82) is 0 Å². The smallest absolute Gasteiger partial charge is 0.251 e. The molecule has 0 aromatic heterocycles. The lowest BCUT2D eigenvalue weighted by molar-refractivity contribution is 0.0940. The first kappa shape index (κ1) is 28.2. The van der Waals surface area contributed by atoms with Gasteiger partial charge in [0.1, 0.15) is 0 Å². The predicted molar refractivity (Wildman–Crippen MR) is 168 cm³/mol. The molecule has 3 aliphatic rings. The van der Waals surface area contributed by atoms with Gasteiger partial charge in [0.2, 0.25) is 0 Å². The Bertz CT molecular complexity index is 1350. The third-order valence-electron chi connectivity index (χ3n) is 9.63. The van der Waals surface area contributed by atoms with Gasteiger partial charge in [-0.15, -0.1) is 6.58 Å². The normalized spacial score (nSPS) is 24.6. The number of hydrogen-bond donors (Lipinski definition) is 1. The summed E-state index contributed by atoms with van der Waals surface area (Å²) in [6.07, 6.45) is 18.2. The fourth-order valence-electron chi connectivity index (χ4n) is 6.74. The standard InChI is InChI=1S/C37H46N2O/c1-6-28-15-16-31(24-33(28)35(3,4)7-2)34(40)38-26-36(5)19-11-14-32(25-36)39-23-22-37(27-39)20-17-30(18-21-37)29-12-9-8-10-13-29/h7-17,24-25H,2,6,18-23,26-27H2,1,3-5H3,(H,38,40). The van der Waals surface area contributed by atoms with Gasteiger partial charge in [-0.3, -0.25) is 4.79 Å². The van der Waals surface area contributed by atoms with E-state index in [4.69, 9.17) is 0 Å². The molecule has 0 saturated carbocycles. The van der Waals surface area contributed by atoms with Gasteiger partial charge in [-0.25, -0.2) is 0 Å². The highest BCUT2D eigenvalue weighted by Crippen LogP contribution is 2.46. The van der Waals surface area contributed by atoms with E-state index in [1.807, 2.05) is 12.1 Å². The van der Waals surface area contributed by atoms with Crippen molar-refractivity contribution in [2.45, 2.75) is 71.6 Å². The zero-order valence-electron chi connectivity index (χ0n) is 24.9. The molecule has 3 heteroatoms. The van der Waals surface area contributed by atoms with Crippen LogP contribution < -0.4 is 5.32 Å². The zero-order valence-corrected chi connectivity index (χ0v) is 24.9. The first-order valence-electron chi connectivity index (χ1n) is 15.1. The largest absolute Gasteiger partial charge is 0.371 e. The van der Waals surface area contributed by atoms with Crippen LogP contribution in [0, 0.1) is 10.8 Å². The van der Waals surface area contributed by atoms with Gasteiger partial charge in [0, 0.05) is 41.7 Å². The number of carbonyl (C=O) groups excluding carboxylic acids is 1. The van der Waals surface area contributed by atoms with Crippen LogP contribution in [0.15, 0.2) is 91.2 Å². The van der Waals surface area contributed by atoms with Gasteiger partial charge in [-0.2, -0.15) is 0 Å².